The molecule has 1 amide bonds. The number of ether oxygens (including phenoxy) is 2. The van der Waals surface area contributed by atoms with E-state index in [0.717, 1.165) is 15.8 Å². The Morgan fingerprint density at radius 1 is 1.05 bits per heavy atom. The number of aromatic nitrogens is 1. The number of benzene rings is 3. The molecule has 9 nitrogen and oxygen atoms in total. The summed E-state index contributed by atoms with van der Waals surface area (Å²) in [5, 5.41) is 12.0. The van der Waals surface area contributed by atoms with Crippen molar-refractivity contribution in [1.82, 2.24) is 4.98 Å². The topological polar surface area (TPSA) is 133 Å². The molecule has 0 fully saturated rings. The van der Waals surface area contributed by atoms with E-state index in [1.165, 1.54) is 23.5 Å². The summed E-state index contributed by atoms with van der Waals surface area (Å²) in [4.78, 5) is 18.0. The molecule has 0 aliphatic rings. The number of hydrogen-bond acceptors (Lipinski definition) is 8. The molecule has 0 saturated carbocycles. The van der Waals surface area contributed by atoms with Crippen molar-refractivity contribution in [1.29, 1.82) is 0 Å². The molecule has 11 heteroatoms. The second-order valence-corrected chi connectivity index (χ2v) is 10.9. The van der Waals surface area contributed by atoms with Crippen LogP contribution in [0.2, 0.25) is 0 Å². The first kappa shape index (κ1) is 27.3. The molecule has 1 aromatic heterocycles. The number of amides is 1. The van der Waals surface area contributed by atoms with Gasteiger partial charge in [0.1, 0.15) is 10.8 Å². The lowest BCUT2D eigenvalue weighted by Gasteiger charge is -2.15. The Bertz CT molecular complexity index is 1550. The van der Waals surface area contributed by atoms with Gasteiger partial charge in [-0.25, -0.2) is 18.5 Å². The molecule has 0 aliphatic heterocycles. The average Bonchev–Trinajstić information content (AvgIpc) is 3.33. The Balaban J connectivity index is 1.69. The highest BCUT2D eigenvalue weighted by Gasteiger charge is 2.17. The van der Waals surface area contributed by atoms with E-state index in [0.29, 0.717) is 40.9 Å². The largest absolute Gasteiger partial charge is 0.496 e. The number of sulfonamides is 1. The minimum atomic E-state index is -3.97. The highest BCUT2D eigenvalue weighted by molar-refractivity contribution is 7.89. The normalized spacial score (nSPS) is 11.9. The van der Waals surface area contributed by atoms with Crippen LogP contribution in [0, 0.1) is 0 Å². The van der Waals surface area contributed by atoms with Crippen LogP contribution < -0.4 is 20.5 Å². The summed E-state index contributed by atoms with van der Waals surface area (Å²) in [6.07, 6.45) is 1.86. The number of para-hydroxylation sites is 2. The minimum absolute atomic E-state index is 0.0189. The molecule has 38 heavy (non-hydrogen) atoms. The molecule has 4 N–H and O–H groups in total. The van der Waals surface area contributed by atoms with Crippen LogP contribution in [0.3, 0.4) is 0 Å². The fraction of sp³-hybridized carbons (Fsp3) is 0.185. The molecule has 0 unspecified atom stereocenters. The zero-order chi connectivity index (χ0) is 27.1. The van der Waals surface area contributed by atoms with Gasteiger partial charge in [-0.2, -0.15) is 0 Å². The van der Waals surface area contributed by atoms with Crippen LogP contribution in [0.4, 0.5) is 11.4 Å². The Hall–Kier alpha value is -3.77. The molecule has 1 heterocycles. The van der Waals surface area contributed by atoms with Gasteiger partial charge in [0, 0.05) is 19.2 Å². The summed E-state index contributed by atoms with van der Waals surface area (Å²) in [5.74, 6) is 0.309. The summed E-state index contributed by atoms with van der Waals surface area (Å²) in [6.45, 7) is 0.881. The van der Waals surface area contributed by atoms with Gasteiger partial charge < -0.3 is 20.1 Å². The van der Waals surface area contributed by atoms with Crippen LogP contribution >= 0.6 is 11.3 Å². The van der Waals surface area contributed by atoms with E-state index in [9.17, 15) is 13.2 Å². The van der Waals surface area contributed by atoms with Gasteiger partial charge in [0.05, 0.1) is 46.6 Å². The molecule has 0 spiro atoms. The second-order valence-electron chi connectivity index (χ2n) is 8.30. The van der Waals surface area contributed by atoms with Crippen LogP contribution in [0.5, 0.6) is 5.75 Å². The third-order valence-corrected chi connectivity index (χ3v) is 7.63. The van der Waals surface area contributed by atoms with Crippen LogP contribution in [0.15, 0.2) is 71.6 Å². The third-order valence-electron chi connectivity index (χ3n) is 5.60. The van der Waals surface area contributed by atoms with Crippen LogP contribution in [0.1, 0.15) is 17.0 Å². The Morgan fingerprint density at radius 2 is 1.82 bits per heavy atom. The number of nitrogens with two attached hydrogens (primary N) is 1. The standard InChI is InChI=1S/C27H28N4O5S2/c1-35-14-13-29-21-12-11-20(38(28,33)34)17-23(21)30-26(32)16-19(15-18-7-3-5-9-24(18)36-2)27-31-22-8-4-6-10-25(22)37-27/h3-12,15,17,29H,13-14,16H2,1-2H3,(H,30,32)(H2,28,33,34)/b19-15-. The van der Waals surface area contributed by atoms with Crippen molar-refractivity contribution in [3.05, 3.63) is 77.3 Å². The summed E-state index contributed by atoms with van der Waals surface area (Å²) in [5.41, 5.74) is 3.15. The Kier molecular flexibility index (Phi) is 8.74. The molecule has 0 bridgehead atoms. The number of nitrogens with one attached hydrogen (secondary N) is 2. The highest BCUT2D eigenvalue weighted by Crippen LogP contribution is 2.33. The van der Waals surface area contributed by atoms with Gasteiger partial charge in [0.15, 0.2) is 0 Å². The zero-order valence-corrected chi connectivity index (χ0v) is 22.6. The molecule has 4 aromatic rings. The first-order valence-electron chi connectivity index (χ1n) is 11.7. The van der Waals surface area contributed by atoms with E-state index in [4.69, 9.17) is 19.6 Å². The predicted octanol–water partition coefficient (Wildman–Crippen LogP) is 4.58. The number of fused-ring (bicyclic) bond motifs is 1. The zero-order valence-electron chi connectivity index (χ0n) is 20.9. The van der Waals surface area contributed by atoms with Crippen molar-refractivity contribution in [3.8, 4) is 5.75 Å². The SMILES string of the molecule is COCCNc1ccc(S(N)(=O)=O)cc1NC(=O)C/C(=C/c1ccccc1OC)c1nc2ccccc2s1. The molecule has 0 atom stereocenters. The molecule has 0 radical (unpaired) electrons. The van der Waals surface area contributed by atoms with Crippen molar-refractivity contribution >= 4 is 60.5 Å². The lowest BCUT2D eigenvalue weighted by molar-refractivity contribution is -0.115. The highest BCUT2D eigenvalue weighted by atomic mass is 32.2. The van der Waals surface area contributed by atoms with E-state index < -0.39 is 10.0 Å². The van der Waals surface area contributed by atoms with Gasteiger partial charge in [-0.15, -0.1) is 11.3 Å². The van der Waals surface area contributed by atoms with E-state index in [-0.39, 0.29) is 17.2 Å². The fourth-order valence-electron chi connectivity index (χ4n) is 3.78. The molecule has 3 aromatic carbocycles. The molecule has 0 aliphatic carbocycles. The number of carbonyl (C=O) groups is 1. The van der Waals surface area contributed by atoms with E-state index >= 15 is 0 Å². The number of methoxy groups -OCH3 is 2. The van der Waals surface area contributed by atoms with Gasteiger partial charge in [0.25, 0.3) is 0 Å². The van der Waals surface area contributed by atoms with Crippen LogP contribution in [-0.4, -0.2) is 46.7 Å². The van der Waals surface area contributed by atoms with Gasteiger partial charge in [-0.1, -0.05) is 30.3 Å². The summed E-state index contributed by atoms with van der Waals surface area (Å²) in [7, 11) is -0.804. The smallest absolute Gasteiger partial charge is 0.238 e. The van der Waals surface area contributed by atoms with Crippen molar-refractivity contribution in [2.24, 2.45) is 5.14 Å². The van der Waals surface area contributed by atoms with E-state index in [1.54, 1.807) is 20.3 Å². The number of carbonyl (C=O) groups excluding carboxylic acids is 1. The maximum Gasteiger partial charge on any atom is 0.238 e. The van der Waals surface area contributed by atoms with Gasteiger partial charge in [-0.3, -0.25) is 4.79 Å². The van der Waals surface area contributed by atoms with Crippen LogP contribution in [-0.2, 0) is 19.6 Å². The quantitative estimate of drug-likeness (QED) is 0.232. The first-order chi connectivity index (χ1) is 18.3. The monoisotopic (exact) mass is 552 g/mol. The van der Waals surface area contributed by atoms with Crippen molar-refractivity contribution in [2.75, 3.05) is 38.0 Å². The van der Waals surface area contributed by atoms with Gasteiger partial charge in [0.2, 0.25) is 15.9 Å². The number of anilines is 2. The second kappa shape index (κ2) is 12.2. The number of thiazole rings is 1. The lowest BCUT2D eigenvalue weighted by atomic mass is 10.1. The maximum atomic E-state index is 13.4. The average molecular weight is 553 g/mol. The lowest BCUT2D eigenvalue weighted by Crippen LogP contribution is -2.17. The number of nitrogens with zero attached hydrogens (tertiary/aromatic N) is 1. The van der Waals surface area contributed by atoms with Crippen molar-refractivity contribution in [3.63, 3.8) is 0 Å². The molecule has 198 valence electrons. The minimum Gasteiger partial charge on any atom is -0.496 e. The molecular formula is C27H28N4O5S2. The van der Waals surface area contributed by atoms with E-state index in [2.05, 4.69) is 10.6 Å². The third kappa shape index (κ3) is 6.75. The van der Waals surface area contributed by atoms with Gasteiger partial charge >= 0.3 is 0 Å². The number of rotatable bonds is 11. The molecular weight excluding hydrogens is 524 g/mol. The van der Waals surface area contributed by atoms with Gasteiger partial charge in [-0.05, 0) is 48.0 Å². The van der Waals surface area contributed by atoms with Crippen molar-refractivity contribution < 1.29 is 22.7 Å². The van der Waals surface area contributed by atoms with E-state index in [1.807, 2.05) is 54.6 Å². The molecule has 0 saturated heterocycles. The number of primary sulfonamides is 1. The Labute approximate surface area is 225 Å². The van der Waals surface area contributed by atoms with Crippen LogP contribution in [0.25, 0.3) is 21.9 Å². The Morgan fingerprint density at radius 3 is 2.55 bits per heavy atom. The van der Waals surface area contributed by atoms with Crippen molar-refractivity contribution in [2.45, 2.75) is 11.3 Å². The summed E-state index contributed by atoms with van der Waals surface area (Å²) in [6, 6.07) is 19.5. The number of hydrogen-bond donors (Lipinski definition) is 3. The first-order valence-corrected chi connectivity index (χ1v) is 14.0. The fourth-order valence-corrected chi connectivity index (χ4v) is 5.30. The summed E-state index contributed by atoms with van der Waals surface area (Å²) >= 11 is 1.49. The maximum absolute atomic E-state index is 13.4. The summed E-state index contributed by atoms with van der Waals surface area (Å²) < 4.78 is 35.5. The predicted molar refractivity (Wildman–Crippen MR) is 152 cm³/mol. The molecule has 4 rings (SSSR count).